The van der Waals surface area contributed by atoms with Crippen LogP contribution in [0, 0.1) is 19.7 Å². The Labute approximate surface area is 146 Å². The maximum Gasteiger partial charge on any atom is 0.258 e. The van der Waals surface area contributed by atoms with Crippen LogP contribution in [-0.4, -0.2) is 10.9 Å². The number of halogens is 1. The Bertz CT molecular complexity index is 893. The first-order valence-electron chi connectivity index (χ1n) is 8.09. The summed E-state index contributed by atoms with van der Waals surface area (Å²) in [5.74, 6) is -0.438. The van der Waals surface area contributed by atoms with Gasteiger partial charge in [-0.1, -0.05) is 30.3 Å². The number of pyridine rings is 1. The summed E-state index contributed by atoms with van der Waals surface area (Å²) < 4.78 is 13.5. The van der Waals surface area contributed by atoms with Gasteiger partial charge >= 0.3 is 0 Å². The van der Waals surface area contributed by atoms with E-state index in [1.54, 1.807) is 29.4 Å². The summed E-state index contributed by atoms with van der Waals surface area (Å²) in [5, 5.41) is 0. The van der Waals surface area contributed by atoms with Gasteiger partial charge in [0.1, 0.15) is 5.82 Å². The number of aryl methyl sites for hydroxylation is 2. The number of rotatable bonds is 4. The standard InChI is InChI=1S/C21H19FN2O/c1-15-12-18(22)8-9-20(15)24(14-17-6-4-3-5-7-17)21(25)19-10-11-23-13-16(19)2/h3-13H,14H2,1-2H3. The minimum Gasteiger partial charge on any atom is -0.304 e. The number of carbonyl (C=O) groups is 1. The molecule has 0 unspecified atom stereocenters. The zero-order valence-electron chi connectivity index (χ0n) is 14.2. The average molecular weight is 334 g/mol. The van der Waals surface area contributed by atoms with E-state index in [9.17, 15) is 9.18 Å². The molecule has 1 amide bonds. The highest BCUT2D eigenvalue weighted by atomic mass is 19.1. The molecule has 3 nitrogen and oxygen atoms in total. The minimum absolute atomic E-state index is 0.126. The van der Waals surface area contributed by atoms with Crippen molar-refractivity contribution in [3.63, 3.8) is 0 Å². The smallest absolute Gasteiger partial charge is 0.258 e. The maximum atomic E-state index is 13.5. The molecule has 25 heavy (non-hydrogen) atoms. The van der Waals surface area contributed by atoms with Crippen LogP contribution in [-0.2, 0) is 6.54 Å². The fourth-order valence-corrected chi connectivity index (χ4v) is 2.81. The molecule has 0 aliphatic rings. The van der Waals surface area contributed by atoms with E-state index in [0.29, 0.717) is 17.8 Å². The summed E-state index contributed by atoms with van der Waals surface area (Å²) in [4.78, 5) is 19.0. The van der Waals surface area contributed by atoms with E-state index in [1.807, 2.05) is 44.2 Å². The maximum absolute atomic E-state index is 13.5. The number of anilines is 1. The number of carbonyl (C=O) groups excluding carboxylic acids is 1. The van der Waals surface area contributed by atoms with Crippen molar-refractivity contribution in [2.45, 2.75) is 20.4 Å². The summed E-state index contributed by atoms with van der Waals surface area (Å²) in [6.45, 7) is 4.08. The van der Waals surface area contributed by atoms with Crippen LogP contribution < -0.4 is 4.90 Å². The summed E-state index contributed by atoms with van der Waals surface area (Å²) in [5.41, 5.74) is 3.83. The average Bonchev–Trinajstić information content (AvgIpc) is 2.61. The van der Waals surface area contributed by atoms with Gasteiger partial charge in [-0.05, 0) is 54.8 Å². The van der Waals surface area contributed by atoms with E-state index >= 15 is 0 Å². The van der Waals surface area contributed by atoms with Gasteiger partial charge in [0.25, 0.3) is 5.91 Å². The second kappa shape index (κ2) is 7.26. The Morgan fingerprint density at radius 3 is 2.48 bits per heavy atom. The molecule has 0 saturated carbocycles. The summed E-state index contributed by atoms with van der Waals surface area (Å²) >= 11 is 0. The van der Waals surface area contributed by atoms with E-state index < -0.39 is 0 Å². The molecular formula is C21H19FN2O. The van der Waals surface area contributed by atoms with Crippen molar-refractivity contribution in [1.82, 2.24) is 4.98 Å². The van der Waals surface area contributed by atoms with Crippen LogP contribution >= 0.6 is 0 Å². The lowest BCUT2D eigenvalue weighted by atomic mass is 10.1. The highest BCUT2D eigenvalue weighted by Crippen LogP contribution is 2.25. The number of hydrogen-bond acceptors (Lipinski definition) is 2. The molecule has 3 aromatic rings. The van der Waals surface area contributed by atoms with E-state index in [2.05, 4.69) is 4.98 Å². The molecule has 126 valence electrons. The lowest BCUT2D eigenvalue weighted by molar-refractivity contribution is 0.0984. The predicted molar refractivity (Wildman–Crippen MR) is 97.1 cm³/mol. The first kappa shape index (κ1) is 16.8. The molecule has 0 spiro atoms. The first-order valence-corrected chi connectivity index (χ1v) is 8.09. The van der Waals surface area contributed by atoms with Crippen LogP contribution in [0.15, 0.2) is 67.0 Å². The minimum atomic E-state index is -0.312. The molecule has 1 heterocycles. The molecule has 0 atom stereocenters. The quantitative estimate of drug-likeness (QED) is 0.694. The number of hydrogen-bond donors (Lipinski definition) is 0. The van der Waals surface area contributed by atoms with E-state index in [0.717, 1.165) is 16.7 Å². The SMILES string of the molecule is Cc1cnccc1C(=O)N(Cc1ccccc1)c1ccc(F)cc1C. The van der Waals surface area contributed by atoms with Gasteiger partial charge < -0.3 is 4.90 Å². The zero-order chi connectivity index (χ0) is 17.8. The van der Waals surface area contributed by atoms with Crippen molar-refractivity contribution in [3.05, 3.63) is 95.1 Å². The van der Waals surface area contributed by atoms with Crippen molar-refractivity contribution in [3.8, 4) is 0 Å². The van der Waals surface area contributed by atoms with Gasteiger partial charge in [0.2, 0.25) is 0 Å². The Morgan fingerprint density at radius 1 is 1.04 bits per heavy atom. The lowest BCUT2D eigenvalue weighted by Crippen LogP contribution is -2.31. The monoisotopic (exact) mass is 334 g/mol. The van der Waals surface area contributed by atoms with Crippen molar-refractivity contribution in [2.24, 2.45) is 0 Å². The third kappa shape index (κ3) is 3.74. The zero-order valence-corrected chi connectivity index (χ0v) is 14.2. The highest BCUT2D eigenvalue weighted by Gasteiger charge is 2.21. The fraction of sp³-hybridized carbons (Fsp3) is 0.143. The van der Waals surface area contributed by atoms with Crippen molar-refractivity contribution in [2.75, 3.05) is 4.90 Å². The predicted octanol–water partition coefficient (Wildman–Crippen LogP) is 4.68. The van der Waals surface area contributed by atoms with Crippen molar-refractivity contribution in [1.29, 1.82) is 0 Å². The Balaban J connectivity index is 2.05. The van der Waals surface area contributed by atoms with Crippen LogP contribution in [0.4, 0.5) is 10.1 Å². The van der Waals surface area contributed by atoms with Crippen LogP contribution in [0.25, 0.3) is 0 Å². The second-order valence-corrected chi connectivity index (χ2v) is 6.00. The van der Waals surface area contributed by atoms with E-state index in [-0.39, 0.29) is 11.7 Å². The molecule has 0 fully saturated rings. The van der Waals surface area contributed by atoms with E-state index in [1.165, 1.54) is 12.1 Å². The summed E-state index contributed by atoms with van der Waals surface area (Å²) in [6, 6.07) is 16.0. The first-order chi connectivity index (χ1) is 12.1. The molecule has 0 radical (unpaired) electrons. The van der Waals surface area contributed by atoms with Gasteiger partial charge in [0.05, 0.1) is 6.54 Å². The van der Waals surface area contributed by atoms with Gasteiger partial charge in [0.15, 0.2) is 0 Å². The number of aromatic nitrogens is 1. The number of nitrogens with zero attached hydrogens (tertiary/aromatic N) is 2. The van der Waals surface area contributed by atoms with Crippen LogP contribution in [0.2, 0.25) is 0 Å². The Morgan fingerprint density at radius 2 is 1.80 bits per heavy atom. The third-order valence-electron chi connectivity index (χ3n) is 4.13. The molecule has 0 aliphatic heterocycles. The van der Waals surface area contributed by atoms with Crippen molar-refractivity contribution < 1.29 is 9.18 Å². The molecule has 0 N–H and O–H groups in total. The topological polar surface area (TPSA) is 33.2 Å². The van der Waals surface area contributed by atoms with Crippen LogP contribution in [0.1, 0.15) is 27.0 Å². The molecule has 3 rings (SSSR count). The van der Waals surface area contributed by atoms with Crippen LogP contribution in [0.5, 0.6) is 0 Å². The van der Waals surface area contributed by atoms with Gasteiger partial charge in [-0.2, -0.15) is 0 Å². The van der Waals surface area contributed by atoms with E-state index in [4.69, 9.17) is 0 Å². The summed E-state index contributed by atoms with van der Waals surface area (Å²) in [7, 11) is 0. The third-order valence-corrected chi connectivity index (χ3v) is 4.13. The van der Waals surface area contributed by atoms with Gasteiger partial charge in [0, 0.05) is 23.6 Å². The molecule has 0 bridgehead atoms. The molecule has 1 aromatic heterocycles. The Hall–Kier alpha value is -3.01. The molecular weight excluding hydrogens is 315 g/mol. The molecule has 2 aromatic carbocycles. The van der Waals surface area contributed by atoms with Gasteiger partial charge in [-0.3, -0.25) is 9.78 Å². The van der Waals surface area contributed by atoms with Gasteiger partial charge in [-0.15, -0.1) is 0 Å². The number of benzene rings is 2. The normalized spacial score (nSPS) is 10.5. The largest absolute Gasteiger partial charge is 0.304 e. The van der Waals surface area contributed by atoms with Crippen molar-refractivity contribution >= 4 is 11.6 Å². The molecule has 4 heteroatoms. The lowest BCUT2D eigenvalue weighted by Gasteiger charge is -2.25. The summed E-state index contributed by atoms with van der Waals surface area (Å²) in [6.07, 6.45) is 3.28. The highest BCUT2D eigenvalue weighted by molar-refractivity contribution is 6.07. The number of amides is 1. The second-order valence-electron chi connectivity index (χ2n) is 6.00. The Kier molecular flexibility index (Phi) is 4.89. The molecule has 0 saturated heterocycles. The molecule has 0 aliphatic carbocycles. The van der Waals surface area contributed by atoms with Crippen LogP contribution in [0.3, 0.4) is 0 Å². The van der Waals surface area contributed by atoms with Gasteiger partial charge in [-0.25, -0.2) is 4.39 Å². The fourth-order valence-electron chi connectivity index (χ4n) is 2.81.